The standard InChI is InChI=1S/C25H30N2O5/c28-23(26-15-17-27(18-16-26)24(29)30)22(25(31)13-5-2-6-14-25)19-9-11-21(12-10-19)32-20-7-3-1-4-8-20/h1,3-4,7-12,22,31H,2,5-6,13-18H2,(H,29,30). The summed E-state index contributed by atoms with van der Waals surface area (Å²) in [4.78, 5) is 27.9. The maximum Gasteiger partial charge on any atom is 0.407 e. The molecule has 4 rings (SSSR count). The molecule has 2 aromatic carbocycles. The van der Waals surface area contributed by atoms with E-state index in [-0.39, 0.29) is 19.0 Å². The highest BCUT2D eigenvalue weighted by Gasteiger charge is 2.45. The molecule has 1 aliphatic carbocycles. The summed E-state index contributed by atoms with van der Waals surface area (Å²) in [7, 11) is 0. The van der Waals surface area contributed by atoms with E-state index in [0.29, 0.717) is 31.7 Å². The van der Waals surface area contributed by atoms with E-state index in [1.165, 1.54) is 4.90 Å². The van der Waals surface area contributed by atoms with Gasteiger partial charge in [-0.3, -0.25) is 4.79 Å². The van der Waals surface area contributed by atoms with Gasteiger partial charge in [0, 0.05) is 26.2 Å². The van der Waals surface area contributed by atoms with E-state index in [0.717, 1.165) is 30.6 Å². The van der Waals surface area contributed by atoms with Gasteiger partial charge in [-0.05, 0) is 42.7 Å². The summed E-state index contributed by atoms with van der Waals surface area (Å²) < 4.78 is 5.88. The lowest BCUT2D eigenvalue weighted by Gasteiger charge is -2.42. The van der Waals surface area contributed by atoms with Crippen LogP contribution in [0.2, 0.25) is 0 Å². The van der Waals surface area contributed by atoms with Crippen LogP contribution in [0.25, 0.3) is 0 Å². The number of amides is 2. The Kier molecular flexibility index (Phi) is 6.65. The van der Waals surface area contributed by atoms with Crippen molar-refractivity contribution in [3.05, 3.63) is 60.2 Å². The Morgan fingerprint density at radius 2 is 1.38 bits per heavy atom. The molecule has 2 aliphatic rings. The van der Waals surface area contributed by atoms with Crippen LogP contribution in [0, 0.1) is 0 Å². The molecular weight excluding hydrogens is 408 g/mol. The van der Waals surface area contributed by atoms with Crippen LogP contribution in [-0.4, -0.2) is 63.8 Å². The average Bonchev–Trinajstić information content (AvgIpc) is 2.81. The number of ether oxygens (including phenoxy) is 1. The lowest BCUT2D eigenvalue weighted by atomic mass is 9.72. The third-order valence-electron chi connectivity index (χ3n) is 6.56. The maximum atomic E-state index is 13.6. The van der Waals surface area contributed by atoms with Crippen LogP contribution in [0.4, 0.5) is 4.79 Å². The molecule has 2 N–H and O–H groups in total. The van der Waals surface area contributed by atoms with Gasteiger partial charge < -0.3 is 24.7 Å². The number of hydrogen-bond donors (Lipinski definition) is 2. The second-order valence-corrected chi connectivity index (χ2v) is 8.68. The Hall–Kier alpha value is -3.06. The van der Waals surface area contributed by atoms with E-state index in [4.69, 9.17) is 4.74 Å². The summed E-state index contributed by atoms with van der Waals surface area (Å²) >= 11 is 0. The minimum Gasteiger partial charge on any atom is -0.465 e. The van der Waals surface area contributed by atoms with E-state index in [1.807, 2.05) is 54.6 Å². The molecule has 1 atom stereocenters. The molecule has 2 aromatic rings. The summed E-state index contributed by atoms with van der Waals surface area (Å²) in [6.07, 6.45) is 3.05. The van der Waals surface area contributed by atoms with Crippen molar-refractivity contribution in [3.8, 4) is 11.5 Å². The molecule has 0 bridgehead atoms. The summed E-state index contributed by atoms with van der Waals surface area (Å²) in [5.74, 6) is 0.591. The van der Waals surface area contributed by atoms with Crippen molar-refractivity contribution in [2.75, 3.05) is 26.2 Å². The fourth-order valence-electron chi connectivity index (χ4n) is 4.79. The number of piperazine rings is 1. The van der Waals surface area contributed by atoms with Crippen molar-refractivity contribution in [1.82, 2.24) is 9.80 Å². The second kappa shape index (κ2) is 9.61. The highest BCUT2D eigenvalue weighted by molar-refractivity contribution is 5.85. The van der Waals surface area contributed by atoms with E-state index in [2.05, 4.69) is 0 Å². The third-order valence-corrected chi connectivity index (χ3v) is 6.56. The quantitative estimate of drug-likeness (QED) is 0.734. The minimum atomic E-state index is -1.10. The molecule has 2 amide bonds. The maximum absolute atomic E-state index is 13.6. The van der Waals surface area contributed by atoms with Gasteiger partial charge in [0.15, 0.2) is 0 Å². The number of carboxylic acid groups (broad SMARTS) is 1. The largest absolute Gasteiger partial charge is 0.465 e. The highest BCUT2D eigenvalue weighted by Crippen LogP contribution is 2.41. The van der Waals surface area contributed by atoms with Gasteiger partial charge in [0.05, 0.1) is 11.5 Å². The van der Waals surface area contributed by atoms with Crippen LogP contribution in [0.5, 0.6) is 11.5 Å². The van der Waals surface area contributed by atoms with E-state index < -0.39 is 17.6 Å². The normalized spacial score (nSPS) is 19.3. The number of aliphatic hydroxyl groups is 1. The second-order valence-electron chi connectivity index (χ2n) is 8.68. The molecule has 0 aromatic heterocycles. The minimum absolute atomic E-state index is 0.129. The Morgan fingerprint density at radius 1 is 0.812 bits per heavy atom. The zero-order valence-corrected chi connectivity index (χ0v) is 18.2. The topological polar surface area (TPSA) is 90.3 Å². The lowest BCUT2D eigenvalue weighted by molar-refractivity contribution is -0.143. The molecule has 7 heteroatoms. The van der Waals surface area contributed by atoms with Crippen LogP contribution in [0.1, 0.15) is 43.6 Å². The Labute approximate surface area is 188 Å². The number of benzene rings is 2. The molecule has 1 saturated heterocycles. The van der Waals surface area contributed by atoms with Crippen molar-refractivity contribution in [2.45, 2.75) is 43.6 Å². The van der Waals surface area contributed by atoms with Gasteiger partial charge in [0.25, 0.3) is 0 Å². The summed E-state index contributed by atoms with van der Waals surface area (Å²) in [5, 5.41) is 20.7. The molecule has 170 valence electrons. The molecule has 1 unspecified atom stereocenters. The fraction of sp³-hybridized carbons (Fsp3) is 0.440. The number of rotatable bonds is 5. The van der Waals surface area contributed by atoms with Gasteiger partial charge in [-0.1, -0.05) is 49.6 Å². The van der Waals surface area contributed by atoms with Crippen LogP contribution < -0.4 is 4.74 Å². The van der Waals surface area contributed by atoms with Crippen LogP contribution in [0.15, 0.2) is 54.6 Å². The van der Waals surface area contributed by atoms with Crippen molar-refractivity contribution in [1.29, 1.82) is 0 Å². The molecule has 1 saturated carbocycles. The average molecular weight is 439 g/mol. The first kappa shape index (κ1) is 22.1. The molecule has 0 radical (unpaired) electrons. The van der Waals surface area contributed by atoms with Crippen molar-refractivity contribution in [3.63, 3.8) is 0 Å². The molecule has 2 fully saturated rings. The van der Waals surface area contributed by atoms with Crippen molar-refractivity contribution >= 4 is 12.0 Å². The van der Waals surface area contributed by atoms with Crippen molar-refractivity contribution < 1.29 is 24.5 Å². The number of hydrogen-bond acceptors (Lipinski definition) is 4. The van der Waals surface area contributed by atoms with Gasteiger partial charge in [0.1, 0.15) is 11.5 Å². The van der Waals surface area contributed by atoms with E-state index >= 15 is 0 Å². The zero-order chi connectivity index (χ0) is 22.6. The fourth-order valence-corrected chi connectivity index (χ4v) is 4.79. The first-order valence-electron chi connectivity index (χ1n) is 11.3. The molecule has 0 spiro atoms. The summed E-state index contributed by atoms with van der Waals surface area (Å²) in [6, 6.07) is 16.9. The van der Waals surface area contributed by atoms with Gasteiger partial charge >= 0.3 is 6.09 Å². The number of para-hydroxylation sites is 1. The number of carbonyl (C=O) groups excluding carboxylic acids is 1. The highest BCUT2D eigenvalue weighted by atomic mass is 16.5. The molecule has 32 heavy (non-hydrogen) atoms. The first-order valence-corrected chi connectivity index (χ1v) is 11.3. The third kappa shape index (κ3) is 4.88. The van der Waals surface area contributed by atoms with Crippen LogP contribution in [-0.2, 0) is 4.79 Å². The molecule has 7 nitrogen and oxygen atoms in total. The van der Waals surface area contributed by atoms with Crippen molar-refractivity contribution in [2.24, 2.45) is 0 Å². The number of carbonyl (C=O) groups is 2. The molecule has 1 heterocycles. The Bertz CT molecular complexity index is 917. The van der Waals surface area contributed by atoms with Gasteiger partial charge in [-0.15, -0.1) is 0 Å². The first-order chi connectivity index (χ1) is 15.5. The van der Waals surface area contributed by atoms with Gasteiger partial charge in [0.2, 0.25) is 5.91 Å². The van der Waals surface area contributed by atoms with E-state index in [1.54, 1.807) is 4.90 Å². The van der Waals surface area contributed by atoms with Gasteiger partial charge in [-0.2, -0.15) is 0 Å². The predicted molar refractivity (Wildman–Crippen MR) is 120 cm³/mol. The summed E-state index contributed by atoms with van der Waals surface area (Å²) in [6.45, 7) is 1.26. The van der Waals surface area contributed by atoms with E-state index in [9.17, 15) is 19.8 Å². The zero-order valence-electron chi connectivity index (χ0n) is 18.2. The SMILES string of the molecule is O=C(O)N1CCN(C(=O)C(c2ccc(Oc3ccccc3)cc2)C2(O)CCCCC2)CC1. The Morgan fingerprint density at radius 3 is 1.97 bits per heavy atom. The molecular formula is C25H30N2O5. The van der Waals surface area contributed by atoms with Crippen LogP contribution >= 0.6 is 0 Å². The summed E-state index contributed by atoms with van der Waals surface area (Å²) in [5.41, 5.74) is -0.332. The predicted octanol–water partition coefficient (Wildman–Crippen LogP) is 4.08. The van der Waals surface area contributed by atoms with Crippen LogP contribution in [0.3, 0.4) is 0 Å². The Balaban J connectivity index is 1.56. The monoisotopic (exact) mass is 438 g/mol. The molecule has 1 aliphatic heterocycles. The lowest BCUT2D eigenvalue weighted by Crippen LogP contribution is -2.54. The van der Waals surface area contributed by atoms with Gasteiger partial charge in [-0.25, -0.2) is 4.79 Å². The smallest absolute Gasteiger partial charge is 0.407 e. The number of nitrogens with zero attached hydrogens (tertiary/aromatic N) is 2.